The van der Waals surface area contributed by atoms with E-state index in [1.54, 1.807) is 23.1 Å². The summed E-state index contributed by atoms with van der Waals surface area (Å²) in [4.78, 5) is 32.7. The first-order valence-corrected chi connectivity index (χ1v) is 12.8. The summed E-state index contributed by atoms with van der Waals surface area (Å²) in [5.74, 6) is 2.77. The molecule has 2 aromatic heterocycles. The fourth-order valence-electron chi connectivity index (χ4n) is 5.13. The fraction of sp³-hybridized carbons (Fsp3) is 0.233. The normalized spacial score (nSPS) is 13.5. The Morgan fingerprint density at radius 2 is 1.85 bits per heavy atom. The van der Waals surface area contributed by atoms with Gasteiger partial charge in [0.15, 0.2) is 5.69 Å². The van der Waals surface area contributed by atoms with Gasteiger partial charge in [0.2, 0.25) is 0 Å². The number of anilines is 1. The molecule has 0 N–H and O–H groups in total. The molecule has 0 unspecified atom stereocenters. The van der Waals surface area contributed by atoms with Gasteiger partial charge in [-0.3, -0.25) is 19.8 Å². The van der Waals surface area contributed by atoms with E-state index >= 15 is 0 Å². The third kappa shape index (κ3) is 5.31. The van der Waals surface area contributed by atoms with Crippen LogP contribution < -0.4 is 15.2 Å². The van der Waals surface area contributed by atoms with Crippen LogP contribution in [0.15, 0.2) is 59.4 Å². The number of ether oxygens (including phenoxy) is 1. The monoisotopic (exact) mass is 552 g/mol. The number of nitrogens with zero attached hydrogens (tertiary/aromatic N) is 6. The van der Waals surface area contributed by atoms with Crippen molar-refractivity contribution < 1.29 is 14.1 Å². The largest absolute Gasteiger partial charge is 0.480 e. The Kier molecular flexibility index (Phi) is 7.64. The van der Waals surface area contributed by atoms with Gasteiger partial charge in [-0.2, -0.15) is 5.26 Å². The van der Waals surface area contributed by atoms with Crippen LogP contribution in [0.5, 0.6) is 5.75 Å². The Bertz CT molecular complexity index is 1780. The number of piperazine rings is 1. The van der Waals surface area contributed by atoms with Gasteiger partial charge in [-0.15, -0.1) is 6.42 Å². The fourth-order valence-corrected chi connectivity index (χ4v) is 5.13. The van der Waals surface area contributed by atoms with Gasteiger partial charge in [-0.1, -0.05) is 36.3 Å². The number of benzene rings is 2. The zero-order chi connectivity index (χ0) is 29.1. The summed E-state index contributed by atoms with van der Waals surface area (Å²) in [5.41, 5.74) is 2.05. The van der Waals surface area contributed by atoms with Crippen molar-refractivity contribution in [1.82, 2.24) is 14.5 Å². The van der Waals surface area contributed by atoms with Crippen LogP contribution in [-0.4, -0.2) is 52.2 Å². The Labute approximate surface area is 235 Å². The highest BCUT2D eigenvalue weighted by atomic mass is 19.1. The number of hydrogen-bond acceptors (Lipinski definition) is 8. The molecule has 2 aromatic carbocycles. The first-order chi connectivity index (χ1) is 19.8. The first kappa shape index (κ1) is 27.3. The van der Waals surface area contributed by atoms with Crippen LogP contribution in [0.3, 0.4) is 0 Å². The summed E-state index contributed by atoms with van der Waals surface area (Å²) < 4.78 is 20.7. The highest BCUT2D eigenvalue weighted by Crippen LogP contribution is 2.36. The minimum Gasteiger partial charge on any atom is -0.480 e. The molecule has 206 valence electrons. The number of nitriles is 1. The Morgan fingerprint density at radius 1 is 1.12 bits per heavy atom. The zero-order valence-corrected chi connectivity index (χ0v) is 22.2. The lowest BCUT2D eigenvalue weighted by atomic mass is 10.0. The highest BCUT2D eigenvalue weighted by Gasteiger charge is 2.32. The van der Waals surface area contributed by atoms with E-state index in [1.807, 2.05) is 24.3 Å². The number of para-hydroxylation sites is 1. The van der Waals surface area contributed by atoms with Gasteiger partial charge >= 0.3 is 11.2 Å². The molecule has 0 spiro atoms. The van der Waals surface area contributed by atoms with E-state index in [-0.39, 0.29) is 29.3 Å². The summed E-state index contributed by atoms with van der Waals surface area (Å²) in [7, 11) is 1.45. The van der Waals surface area contributed by atoms with E-state index in [0.717, 1.165) is 16.7 Å². The predicted molar refractivity (Wildman–Crippen MR) is 152 cm³/mol. The van der Waals surface area contributed by atoms with Crippen LogP contribution in [0.2, 0.25) is 0 Å². The molecule has 1 aliphatic heterocycles. The minimum atomic E-state index is -0.737. The molecule has 3 heterocycles. The Morgan fingerprint density at radius 3 is 2.51 bits per heavy atom. The van der Waals surface area contributed by atoms with Gasteiger partial charge in [0.05, 0.1) is 10.4 Å². The maximum Gasteiger partial charge on any atom is 0.359 e. The van der Waals surface area contributed by atoms with Crippen LogP contribution in [0.4, 0.5) is 15.8 Å². The number of fused-ring (bicyclic) bond motifs is 1. The second-order valence-corrected chi connectivity index (χ2v) is 9.55. The van der Waals surface area contributed by atoms with Crippen molar-refractivity contribution in [2.24, 2.45) is 7.05 Å². The maximum atomic E-state index is 13.5. The van der Waals surface area contributed by atoms with Crippen LogP contribution in [0.25, 0.3) is 22.2 Å². The molecule has 0 bridgehead atoms. The number of hydrogen-bond donors (Lipinski definition) is 0. The Hall–Kier alpha value is -5.26. The van der Waals surface area contributed by atoms with Gasteiger partial charge in [0.25, 0.3) is 0 Å². The number of aryl methyl sites for hydroxylation is 1. The average molecular weight is 553 g/mol. The first-order valence-electron chi connectivity index (χ1n) is 12.8. The molecular formula is C30H25FN6O4. The quantitative estimate of drug-likeness (QED) is 0.193. The van der Waals surface area contributed by atoms with Crippen LogP contribution in [-0.2, 0) is 13.6 Å². The van der Waals surface area contributed by atoms with Crippen LogP contribution in [0.1, 0.15) is 11.3 Å². The summed E-state index contributed by atoms with van der Waals surface area (Å²) in [6, 6.07) is 16.9. The van der Waals surface area contributed by atoms with Crippen molar-refractivity contribution >= 4 is 22.4 Å². The molecule has 4 aromatic rings. The number of aromatic nitrogens is 2. The van der Waals surface area contributed by atoms with E-state index in [1.165, 1.54) is 29.8 Å². The molecule has 10 nitrogen and oxygen atoms in total. The van der Waals surface area contributed by atoms with Crippen molar-refractivity contribution in [2.75, 3.05) is 37.7 Å². The summed E-state index contributed by atoms with van der Waals surface area (Å²) in [6.07, 6.45) is 5.47. The van der Waals surface area contributed by atoms with E-state index in [0.29, 0.717) is 44.0 Å². The molecular weight excluding hydrogens is 527 g/mol. The smallest absolute Gasteiger partial charge is 0.359 e. The van der Waals surface area contributed by atoms with Gasteiger partial charge in [-0.25, -0.2) is 9.37 Å². The molecule has 1 fully saturated rings. The molecule has 0 atom stereocenters. The third-order valence-corrected chi connectivity index (χ3v) is 7.12. The second-order valence-electron chi connectivity index (χ2n) is 9.55. The molecule has 11 heteroatoms. The lowest BCUT2D eigenvalue weighted by Crippen LogP contribution is -2.46. The Balaban J connectivity index is 1.45. The summed E-state index contributed by atoms with van der Waals surface area (Å²) in [6.45, 7) is 2.41. The third-order valence-electron chi connectivity index (χ3n) is 7.12. The van der Waals surface area contributed by atoms with Crippen molar-refractivity contribution in [2.45, 2.75) is 6.54 Å². The van der Waals surface area contributed by atoms with E-state index in [9.17, 15) is 24.6 Å². The number of halogens is 1. The standard InChI is InChI=1S/C30H25FN6O4/c1-3-17-41-29-21(5-4-6-24(29)20-7-9-22(31)10-8-20)19-35-13-15-36(16-14-35)27-26-25(12-11-23(18-32)33-26)34(2)30(38)28(27)37(39)40/h1,4-12H,13-17,19H2,2H3. The van der Waals surface area contributed by atoms with Crippen LogP contribution in [0, 0.1) is 39.6 Å². The van der Waals surface area contributed by atoms with Gasteiger partial charge < -0.3 is 14.2 Å². The van der Waals surface area contributed by atoms with Crippen LogP contribution >= 0.6 is 0 Å². The SMILES string of the molecule is C#CCOc1c(CN2CCN(c3c([N+](=O)[O-])c(=O)n(C)c4ccc(C#N)nc34)CC2)cccc1-c1ccc(F)cc1. The predicted octanol–water partition coefficient (Wildman–Crippen LogP) is 3.85. The molecule has 1 aliphatic rings. The van der Waals surface area contributed by atoms with E-state index in [2.05, 4.69) is 15.8 Å². The van der Waals surface area contributed by atoms with E-state index < -0.39 is 16.2 Å². The minimum absolute atomic E-state index is 0.0659. The lowest BCUT2D eigenvalue weighted by Gasteiger charge is -2.36. The molecule has 1 saturated heterocycles. The zero-order valence-electron chi connectivity index (χ0n) is 22.2. The van der Waals surface area contributed by atoms with Crippen molar-refractivity contribution in [3.05, 3.63) is 92.1 Å². The molecule has 0 amide bonds. The maximum absolute atomic E-state index is 13.5. The molecule has 0 saturated carbocycles. The van der Waals surface area contributed by atoms with Gasteiger partial charge in [0, 0.05) is 50.9 Å². The molecule has 41 heavy (non-hydrogen) atoms. The van der Waals surface area contributed by atoms with Gasteiger partial charge in [0.1, 0.15) is 35.5 Å². The second kappa shape index (κ2) is 11.5. The number of terminal acetylenes is 1. The summed E-state index contributed by atoms with van der Waals surface area (Å²) in [5, 5.41) is 21.4. The lowest BCUT2D eigenvalue weighted by molar-refractivity contribution is -0.385. The molecule has 5 rings (SSSR count). The van der Waals surface area contributed by atoms with Gasteiger partial charge in [-0.05, 0) is 29.8 Å². The molecule has 0 radical (unpaired) electrons. The highest BCUT2D eigenvalue weighted by molar-refractivity contribution is 5.94. The molecule has 0 aliphatic carbocycles. The van der Waals surface area contributed by atoms with Crippen molar-refractivity contribution in [3.63, 3.8) is 0 Å². The van der Waals surface area contributed by atoms with E-state index in [4.69, 9.17) is 11.2 Å². The topological polar surface area (TPSA) is 118 Å². The number of nitro groups is 1. The number of rotatable bonds is 7. The summed E-state index contributed by atoms with van der Waals surface area (Å²) >= 11 is 0. The average Bonchev–Trinajstić information content (AvgIpc) is 2.98. The van der Waals surface area contributed by atoms with Crippen molar-refractivity contribution in [3.8, 4) is 35.3 Å². The number of pyridine rings is 2. The van der Waals surface area contributed by atoms with Crippen molar-refractivity contribution in [1.29, 1.82) is 5.26 Å².